The second-order valence-corrected chi connectivity index (χ2v) is 5.65. The molecule has 2 fully saturated rings. The van der Waals surface area contributed by atoms with E-state index in [1.54, 1.807) is 0 Å². The molecule has 1 saturated heterocycles. The number of aromatic nitrogens is 1. The first kappa shape index (κ1) is 13.4. The Kier molecular flexibility index (Phi) is 3.61. The summed E-state index contributed by atoms with van der Waals surface area (Å²) in [7, 11) is 1.44. The molecular formula is C15H21N3O2. The molecule has 5 heteroatoms. The number of pyridine rings is 1. The molecule has 2 heterocycles. The number of hydrogen-bond acceptors (Lipinski definition) is 5. The summed E-state index contributed by atoms with van der Waals surface area (Å²) >= 11 is 0. The normalized spacial score (nSPS) is 19.9. The Hall–Kier alpha value is -1.62. The minimum Gasteiger partial charge on any atom is -0.468 e. The van der Waals surface area contributed by atoms with Gasteiger partial charge in [0.05, 0.1) is 7.11 Å². The summed E-state index contributed by atoms with van der Waals surface area (Å²) in [6.07, 6.45) is 6.13. The molecule has 20 heavy (non-hydrogen) atoms. The third-order valence-electron chi connectivity index (χ3n) is 4.20. The van der Waals surface area contributed by atoms with E-state index in [2.05, 4.69) is 27.3 Å². The molecule has 0 spiro atoms. The third kappa shape index (κ3) is 2.63. The van der Waals surface area contributed by atoms with Crippen molar-refractivity contribution in [2.24, 2.45) is 0 Å². The summed E-state index contributed by atoms with van der Waals surface area (Å²) in [5.74, 6) is 0.902. The molecule has 0 amide bonds. The van der Waals surface area contributed by atoms with Crippen LogP contribution in [0.25, 0.3) is 0 Å². The SMILES string of the molecule is COC(=O)C1(NCc2ccc(N3CCCC3)nc2)CC1. The van der Waals surface area contributed by atoms with Gasteiger partial charge < -0.3 is 9.64 Å². The Morgan fingerprint density at radius 3 is 2.70 bits per heavy atom. The summed E-state index contributed by atoms with van der Waals surface area (Å²) in [6.45, 7) is 2.87. The van der Waals surface area contributed by atoms with Crippen LogP contribution in [-0.2, 0) is 16.1 Å². The smallest absolute Gasteiger partial charge is 0.326 e. The molecule has 0 bridgehead atoms. The van der Waals surface area contributed by atoms with Crippen molar-refractivity contribution in [3.8, 4) is 0 Å². The number of hydrogen-bond donors (Lipinski definition) is 1. The number of carbonyl (C=O) groups is 1. The first-order chi connectivity index (χ1) is 9.73. The predicted molar refractivity (Wildman–Crippen MR) is 76.5 cm³/mol. The molecule has 0 atom stereocenters. The van der Waals surface area contributed by atoms with Gasteiger partial charge in [-0.15, -0.1) is 0 Å². The molecule has 1 aromatic rings. The summed E-state index contributed by atoms with van der Waals surface area (Å²) in [5.41, 5.74) is 0.658. The van der Waals surface area contributed by atoms with Crippen LogP contribution in [0.5, 0.6) is 0 Å². The molecule has 1 saturated carbocycles. The van der Waals surface area contributed by atoms with Crippen LogP contribution >= 0.6 is 0 Å². The van der Waals surface area contributed by atoms with Gasteiger partial charge in [0.1, 0.15) is 11.4 Å². The van der Waals surface area contributed by atoms with Gasteiger partial charge in [-0.25, -0.2) is 4.98 Å². The Bertz CT molecular complexity index is 476. The van der Waals surface area contributed by atoms with E-state index in [-0.39, 0.29) is 5.97 Å². The number of carbonyl (C=O) groups excluding carboxylic acids is 1. The number of methoxy groups -OCH3 is 1. The van der Waals surface area contributed by atoms with E-state index in [1.165, 1.54) is 20.0 Å². The van der Waals surface area contributed by atoms with Gasteiger partial charge in [-0.2, -0.15) is 0 Å². The van der Waals surface area contributed by atoms with E-state index in [4.69, 9.17) is 4.74 Å². The summed E-state index contributed by atoms with van der Waals surface area (Å²) in [4.78, 5) is 18.5. The molecule has 3 rings (SSSR count). The Morgan fingerprint density at radius 1 is 1.40 bits per heavy atom. The maximum atomic E-state index is 11.6. The Balaban J connectivity index is 1.57. The van der Waals surface area contributed by atoms with E-state index >= 15 is 0 Å². The largest absolute Gasteiger partial charge is 0.468 e. The zero-order chi connectivity index (χ0) is 14.0. The van der Waals surface area contributed by atoms with Crippen LogP contribution in [0.2, 0.25) is 0 Å². The van der Waals surface area contributed by atoms with Gasteiger partial charge in [0.25, 0.3) is 0 Å². The van der Waals surface area contributed by atoms with Crippen molar-refractivity contribution in [1.82, 2.24) is 10.3 Å². The highest BCUT2D eigenvalue weighted by Crippen LogP contribution is 2.36. The van der Waals surface area contributed by atoms with Crippen molar-refractivity contribution in [1.29, 1.82) is 0 Å². The topological polar surface area (TPSA) is 54.5 Å². The van der Waals surface area contributed by atoms with Gasteiger partial charge in [-0.3, -0.25) is 10.1 Å². The van der Waals surface area contributed by atoms with Crippen LogP contribution in [-0.4, -0.2) is 36.7 Å². The lowest BCUT2D eigenvalue weighted by Crippen LogP contribution is -2.39. The molecule has 1 aliphatic carbocycles. The van der Waals surface area contributed by atoms with E-state index in [9.17, 15) is 4.79 Å². The van der Waals surface area contributed by atoms with Crippen molar-refractivity contribution in [2.75, 3.05) is 25.1 Å². The highest BCUT2D eigenvalue weighted by Gasteiger charge is 2.50. The standard InChI is InChI=1S/C15H21N3O2/c1-20-14(19)15(6-7-15)17-11-12-4-5-13(16-10-12)18-8-2-3-9-18/h4-5,10,17H,2-3,6-9,11H2,1H3. The number of esters is 1. The van der Waals surface area contributed by atoms with Gasteiger partial charge in [0.2, 0.25) is 0 Å². The quantitative estimate of drug-likeness (QED) is 0.825. The maximum absolute atomic E-state index is 11.6. The van der Waals surface area contributed by atoms with E-state index in [0.717, 1.165) is 37.3 Å². The van der Waals surface area contributed by atoms with Crippen LogP contribution in [0.1, 0.15) is 31.2 Å². The number of rotatable bonds is 5. The zero-order valence-electron chi connectivity index (χ0n) is 11.9. The average Bonchev–Trinajstić information content (AvgIpc) is 3.09. The van der Waals surface area contributed by atoms with Crippen LogP contribution < -0.4 is 10.2 Å². The monoisotopic (exact) mass is 275 g/mol. The van der Waals surface area contributed by atoms with E-state index in [1.807, 2.05) is 6.20 Å². The highest BCUT2D eigenvalue weighted by atomic mass is 16.5. The third-order valence-corrected chi connectivity index (χ3v) is 4.20. The lowest BCUT2D eigenvalue weighted by atomic mass is 10.2. The number of anilines is 1. The zero-order valence-corrected chi connectivity index (χ0v) is 11.9. The maximum Gasteiger partial charge on any atom is 0.326 e. The second-order valence-electron chi connectivity index (χ2n) is 5.65. The average molecular weight is 275 g/mol. The van der Waals surface area contributed by atoms with Crippen molar-refractivity contribution < 1.29 is 9.53 Å². The van der Waals surface area contributed by atoms with E-state index in [0.29, 0.717) is 6.54 Å². The molecule has 0 aromatic carbocycles. The summed E-state index contributed by atoms with van der Waals surface area (Å²) in [6, 6.07) is 4.15. The fraction of sp³-hybridized carbons (Fsp3) is 0.600. The molecule has 2 aliphatic rings. The van der Waals surface area contributed by atoms with Crippen molar-refractivity contribution in [2.45, 2.75) is 37.8 Å². The van der Waals surface area contributed by atoms with Gasteiger partial charge in [0.15, 0.2) is 0 Å². The molecule has 1 aromatic heterocycles. The van der Waals surface area contributed by atoms with Crippen molar-refractivity contribution >= 4 is 11.8 Å². The van der Waals surface area contributed by atoms with Gasteiger partial charge >= 0.3 is 5.97 Å². The summed E-state index contributed by atoms with van der Waals surface area (Å²) in [5, 5.41) is 3.30. The minimum atomic E-state index is -0.442. The van der Waals surface area contributed by atoms with Gasteiger partial charge in [0, 0.05) is 25.8 Å². The van der Waals surface area contributed by atoms with Gasteiger partial charge in [-0.1, -0.05) is 6.07 Å². The highest BCUT2D eigenvalue weighted by molar-refractivity contribution is 5.84. The lowest BCUT2D eigenvalue weighted by Gasteiger charge is -2.17. The number of ether oxygens (including phenoxy) is 1. The second kappa shape index (κ2) is 5.40. The molecule has 1 aliphatic heterocycles. The van der Waals surface area contributed by atoms with Crippen LogP contribution in [0.3, 0.4) is 0 Å². The van der Waals surface area contributed by atoms with Crippen LogP contribution in [0.15, 0.2) is 18.3 Å². The molecule has 5 nitrogen and oxygen atoms in total. The summed E-state index contributed by atoms with van der Waals surface area (Å²) < 4.78 is 4.83. The molecule has 1 N–H and O–H groups in total. The van der Waals surface area contributed by atoms with Gasteiger partial charge in [-0.05, 0) is 37.3 Å². The molecule has 0 radical (unpaired) electrons. The first-order valence-corrected chi connectivity index (χ1v) is 7.27. The van der Waals surface area contributed by atoms with Crippen LogP contribution in [0, 0.1) is 0 Å². The molecule has 0 unspecified atom stereocenters. The predicted octanol–water partition coefficient (Wildman–Crippen LogP) is 1.48. The fourth-order valence-corrected chi connectivity index (χ4v) is 2.70. The van der Waals surface area contributed by atoms with Crippen molar-refractivity contribution in [3.05, 3.63) is 23.9 Å². The lowest BCUT2D eigenvalue weighted by molar-refractivity contribution is -0.144. The molecule has 108 valence electrons. The minimum absolute atomic E-state index is 0.154. The molecular weight excluding hydrogens is 254 g/mol. The van der Waals surface area contributed by atoms with Crippen molar-refractivity contribution in [3.63, 3.8) is 0 Å². The van der Waals surface area contributed by atoms with Crippen LogP contribution in [0.4, 0.5) is 5.82 Å². The Morgan fingerprint density at radius 2 is 2.15 bits per heavy atom. The first-order valence-electron chi connectivity index (χ1n) is 7.27. The number of nitrogens with zero attached hydrogens (tertiary/aromatic N) is 2. The Labute approximate surface area is 119 Å². The fourth-order valence-electron chi connectivity index (χ4n) is 2.70. The van der Waals surface area contributed by atoms with E-state index < -0.39 is 5.54 Å². The number of nitrogens with one attached hydrogen (secondary N) is 1.